The van der Waals surface area contributed by atoms with Gasteiger partial charge in [0.1, 0.15) is 6.29 Å². The van der Waals surface area contributed by atoms with Gasteiger partial charge in [-0.3, -0.25) is 9.59 Å². The molecular formula is C18H22N2O2. The van der Waals surface area contributed by atoms with Gasteiger partial charge in [-0.15, -0.1) is 0 Å². The second-order valence-corrected chi connectivity index (χ2v) is 5.17. The highest BCUT2D eigenvalue weighted by molar-refractivity contribution is 5.84. The minimum absolute atomic E-state index is 0.718. The monoisotopic (exact) mass is 298 g/mol. The summed E-state index contributed by atoms with van der Waals surface area (Å²) in [5, 5.41) is 0. The van der Waals surface area contributed by atoms with Crippen molar-refractivity contribution >= 4 is 23.9 Å². The average molecular weight is 298 g/mol. The average Bonchev–Trinajstić information content (AvgIpc) is 2.55. The summed E-state index contributed by atoms with van der Waals surface area (Å²) in [6, 6.07) is 15.0. The number of carbonyl (C=O) groups is 2. The van der Waals surface area contributed by atoms with Gasteiger partial charge in [-0.2, -0.15) is 0 Å². The number of benzene rings is 2. The third kappa shape index (κ3) is 5.05. The Labute approximate surface area is 132 Å². The second kappa shape index (κ2) is 8.62. The zero-order valence-electron chi connectivity index (χ0n) is 13.5. The van der Waals surface area contributed by atoms with Gasteiger partial charge in [-0.05, 0) is 36.4 Å². The molecule has 4 heteroatoms. The van der Waals surface area contributed by atoms with E-state index in [0.29, 0.717) is 0 Å². The van der Waals surface area contributed by atoms with E-state index in [1.54, 1.807) is 0 Å². The van der Waals surface area contributed by atoms with E-state index in [1.807, 2.05) is 86.5 Å². The van der Waals surface area contributed by atoms with Crippen molar-refractivity contribution in [3.63, 3.8) is 0 Å². The summed E-state index contributed by atoms with van der Waals surface area (Å²) in [5.74, 6) is 0. The van der Waals surface area contributed by atoms with Gasteiger partial charge in [-0.1, -0.05) is 12.1 Å². The van der Waals surface area contributed by atoms with Crippen molar-refractivity contribution in [3.8, 4) is 0 Å². The zero-order valence-corrected chi connectivity index (χ0v) is 13.5. The van der Waals surface area contributed by atoms with Crippen LogP contribution < -0.4 is 9.80 Å². The van der Waals surface area contributed by atoms with Crippen molar-refractivity contribution < 1.29 is 9.59 Å². The molecule has 0 unspecified atom stereocenters. The number of nitrogens with zero attached hydrogens (tertiary/aromatic N) is 2. The Morgan fingerprint density at radius 2 is 1.32 bits per heavy atom. The van der Waals surface area contributed by atoms with Crippen molar-refractivity contribution in [1.29, 1.82) is 0 Å². The molecule has 0 spiro atoms. The molecule has 0 saturated carbocycles. The molecule has 0 aliphatic rings. The topological polar surface area (TPSA) is 40.6 Å². The predicted octanol–water partition coefficient (Wildman–Crippen LogP) is 3.13. The fourth-order valence-electron chi connectivity index (χ4n) is 1.85. The molecule has 2 aromatic carbocycles. The summed E-state index contributed by atoms with van der Waals surface area (Å²) in [4.78, 5) is 24.7. The lowest BCUT2D eigenvalue weighted by Crippen LogP contribution is -2.10. The van der Waals surface area contributed by atoms with Gasteiger partial charge >= 0.3 is 0 Å². The van der Waals surface area contributed by atoms with E-state index in [-0.39, 0.29) is 0 Å². The maximum absolute atomic E-state index is 10.5. The Morgan fingerprint density at radius 1 is 0.727 bits per heavy atom. The summed E-state index contributed by atoms with van der Waals surface area (Å²) in [6.45, 7) is 0. The Kier molecular flexibility index (Phi) is 6.83. The summed E-state index contributed by atoms with van der Waals surface area (Å²) in [6.07, 6.45) is 1.72. The van der Waals surface area contributed by atoms with Crippen LogP contribution in [0.3, 0.4) is 0 Å². The van der Waals surface area contributed by atoms with Crippen LogP contribution >= 0.6 is 0 Å². The van der Waals surface area contributed by atoms with E-state index < -0.39 is 0 Å². The van der Waals surface area contributed by atoms with Gasteiger partial charge in [0, 0.05) is 50.7 Å². The Hall–Kier alpha value is -2.62. The van der Waals surface area contributed by atoms with Gasteiger partial charge < -0.3 is 9.80 Å². The van der Waals surface area contributed by atoms with E-state index in [4.69, 9.17) is 0 Å². The summed E-state index contributed by atoms with van der Waals surface area (Å²) in [7, 11) is 7.77. The third-order valence-electron chi connectivity index (χ3n) is 3.09. The van der Waals surface area contributed by atoms with Crippen LogP contribution in [0.1, 0.15) is 20.7 Å². The first-order valence-corrected chi connectivity index (χ1v) is 6.93. The molecular weight excluding hydrogens is 276 g/mol. The van der Waals surface area contributed by atoms with E-state index in [1.165, 1.54) is 0 Å². The molecule has 4 nitrogen and oxygen atoms in total. The van der Waals surface area contributed by atoms with Crippen LogP contribution in [-0.4, -0.2) is 40.8 Å². The molecule has 0 N–H and O–H groups in total. The van der Waals surface area contributed by atoms with E-state index >= 15 is 0 Å². The molecule has 2 rings (SSSR count). The molecule has 0 amide bonds. The van der Waals surface area contributed by atoms with Crippen molar-refractivity contribution in [3.05, 3.63) is 59.7 Å². The van der Waals surface area contributed by atoms with Gasteiger partial charge in [-0.25, -0.2) is 0 Å². The van der Waals surface area contributed by atoms with E-state index in [2.05, 4.69) is 0 Å². The molecule has 0 radical (unpaired) electrons. The highest BCUT2D eigenvalue weighted by atomic mass is 16.1. The highest BCUT2D eigenvalue weighted by Gasteiger charge is 1.99. The number of hydrogen-bond donors (Lipinski definition) is 0. The molecule has 22 heavy (non-hydrogen) atoms. The van der Waals surface area contributed by atoms with Crippen LogP contribution in [0, 0.1) is 0 Å². The standard InChI is InChI=1S/2C9H11NO/c1-10(2)9-5-3-8(7-11)4-6-9;1-10(2)9-6-4-3-5-8(9)7-11/h2*3-7H,1-2H3. The lowest BCUT2D eigenvalue weighted by molar-refractivity contribution is 0.111. The number of rotatable bonds is 4. The first-order valence-electron chi connectivity index (χ1n) is 6.93. The van der Waals surface area contributed by atoms with Crippen LogP contribution in [0.5, 0.6) is 0 Å². The SMILES string of the molecule is CN(C)c1ccc(C=O)cc1.CN(C)c1ccccc1C=O. The number of aldehydes is 2. The molecule has 0 aliphatic heterocycles. The van der Waals surface area contributed by atoms with Crippen molar-refractivity contribution in [2.24, 2.45) is 0 Å². The second-order valence-electron chi connectivity index (χ2n) is 5.17. The fourth-order valence-corrected chi connectivity index (χ4v) is 1.85. The van der Waals surface area contributed by atoms with Gasteiger partial charge in [0.25, 0.3) is 0 Å². The van der Waals surface area contributed by atoms with Crippen LogP contribution in [-0.2, 0) is 0 Å². The van der Waals surface area contributed by atoms with Gasteiger partial charge in [0.15, 0.2) is 6.29 Å². The first kappa shape index (κ1) is 17.4. The number of anilines is 2. The normalized spacial score (nSPS) is 9.27. The largest absolute Gasteiger partial charge is 0.378 e. The quantitative estimate of drug-likeness (QED) is 0.813. The fraction of sp³-hybridized carbons (Fsp3) is 0.222. The minimum Gasteiger partial charge on any atom is -0.378 e. The summed E-state index contributed by atoms with van der Waals surface area (Å²) >= 11 is 0. The molecule has 0 aromatic heterocycles. The van der Waals surface area contributed by atoms with Gasteiger partial charge in [0.05, 0.1) is 0 Å². The third-order valence-corrected chi connectivity index (χ3v) is 3.09. The lowest BCUT2D eigenvalue weighted by atomic mass is 10.2. The van der Waals surface area contributed by atoms with E-state index in [0.717, 1.165) is 35.1 Å². The summed E-state index contributed by atoms with van der Waals surface area (Å²) < 4.78 is 0. The zero-order chi connectivity index (χ0) is 16.5. The Balaban J connectivity index is 0.000000220. The van der Waals surface area contributed by atoms with Crippen molar-refractivity contribution in [2.45, 2.75) is 0 Å². The lowest BCUT2D eigenvalue weighted by Gasteiger charge is -2.13. The number of para-hydroxylation sites is 1. The van der Waals surface area contributed by atoms with Crippen LogP contribution in [0.4, 0.5) is 11.4 Å². The van der Waals surface area contributed by atoms with Crippen molar-refractivity contribution in [1.82, 2.24) is 0 Å². The maximum Gasteiger partial charge on any atom is 0.152 e. The van der Waals surface area contributed by atoms with Crippen molar-refractivity contribution in [2.75, 3.05) is 38.0 Å². The maximum atomic E-state index is 10.5. The minimum atomic E-state index is 0.718. The molecule has 0 atom stereocenters. The highest BCUT2D eigenvalue weighted by Crippen LogP contribution is 2.14. The molecule has 0 saturated heterocycles. The molecule has 0 heterocycles. The molecule has 2 aromatic rings. The molecule has 0 fully saturated rings. The van der Waals surface area contributed by atoms with Gasteiger partial charge in [0.2, 0.25) is 0 Å². The molecule has 116 valence electrons. The first-order chi connectivity index (χ1) is 10.5. The number of hydrogen-bond acceptors (Lipinski definition) is 4. The predicted molar refractivity (Wildman–Crippen MR) is 92.3 cm³/mol. The smallest absolute Gasteiger partial charge is 0.152 e. The Bertz CT molecular complexity index is 605. The van der Waals surface area contributed by atoms with E-state index in [9.17, 15) is 9.59 Å². The van der Waals surface area contributed by atoms with Crippen LogP contribution in [0.15, 0.2) is 48.5 Å². The van der Waals surface area contributed by atoms with Crippen LogP contribution in [0.2, 0.25) is 0 Å². The number of carbonyl (C=O) groups excluding carboxylic acids is 2. The van der Waals surface area contributed by atoms with Crippen LogP contribution in [0.25, 0.3) is 0 Å². The summed E-state index contributed by atoms with van der Waals surface area (Å²) in [5.41, 5.74) is 3.52. The molecule has 0 aliphatic carbocycles. The molecule has 0 bridgehead atoms. The Morgan fingerprint density at radius 3 is 1.73 bits per heavy atom.